The first kappa shape index (κ1) is 20.1. The third kappa shape index (κ3) is 4.63. The van der Waals surface area contributed by atoms with Gasteiger partial charge in [0.05, 0.1) is 23.6 Å². The fraction of sp³-hybridized carbons (Fsp3) is 0.300. The van der Waals surface area contributed by atoms with Gasteiger partial charge in [-0.2, -0.15) is 0 Å². The molecule has 0 unspecified atom stereocenters. The number of rotatable bonds is 6. The van der Waals surface area contributed by atoms with E-state index < -0.39 is 22.9 Å². The van der Waals surface area contributed by atoms with E-state index in [1.54, 1.807) is 26.1 Å². The van der Waals surface area contributed by atoms with Gasteiger partial charge in [-0.05, 0) is 25.1 Å². The zero-order chi connectivity index (χ0) is 21.0. The number of carbonyl (C=O) groups is 2. The van der Waals surface area contributed by atoms with Gasteiger partial charge in [-0.1, -0.05) is 12.1 Å². The standard InChI is InChI=1S/C20H20N2O7/c1-3-27-20(24)14-8-13(9-15(10-14)22(25)26)19(23)21(2)11-16-12-28-17-6-4-5-7-18(17)29-16/h4-10,16H,3,11-12H2,1-2H3/t16-/m1/s1. The summed E-state index contributed by atoms with van der Waals surface area (Å²) in [6, 6.07) is 10.7. The number of likely N-dealkylation sites (N-methyl/N-ethyl adjacent to an activating group) is 1. The Labute approximate surface area is 166 Å². The van der Waals surface area contributed by atoms with Crippen LogP contribution >= 0.6 is 0 Å². The van der Waals surface area contributed by atoms with E-state index in [2.05, 4.69) is 0 Å². The molecule has 0 aliphatic carbocycles. The number of hydrogen-bond donors (Lipinski definition) is 0. The van der Waals surface area contributed by atoms with E-state index >= 15 is 0 Å². The SMILES string of the molecule is CCOC(=O)c1cc(C(=O)N(C)C[C@@H]2COc3ccccc3O2)cc([N+](=O)[O-])c1. The van der Waals surface area contributed by atoms with E-state index in [1.807, 2.05) is 12.1 Å². The van der Waals surface area contributed by atoms with Gasteiger partial charge in [0, 0.05) is 24.7 Å². The maximum absolute atomic E-state index is 12.8. The van der Waals surface area contributed by atoms with Crippen molar-refractivity contribution in [3.8, 4) is 11.5 Å². The highest BCUT2D eigenvalue weighted by atomic mass is 16.6. The first-order chi connectivity index (χ1) is 13.9. The van der Waals surface area contributed by atoms with E-state index in [-0.39, 0.29) is 36.6 Å². The van der Waals surface area contributed by atoms with Crippen molar-refractivity contribution in [3.05, 3.63) is 63.7 Å². The summed E-state index contributed by atoms with van der Waals surface area (Å²) in [6.07, 6.45) is -0.401. The molecule has 1 amide bonds. The van der Waals surface area contributed by atoms with Crippen LogP contribution in [0.15, 0.2) is 42.5 Å². The number of fused-ring (bicyclic) bond motifs is 1. The number of para-hydroxylation sites is 2. The van der Waals surface area contributed by atoms with Crippen LogP contribution < -0.4 is 9.47 Å². The molecule has 3 rings (SSSR count). The molecule has 1 atom stereocenters. The van der Waals surface area contributed by atoms with E-state index in [9.17, 15) is 19.7 Å². The molecule has 0 spiro atoms. The molecule has 1 aliphatic heterocycles. The Morgan fingerprint density at radius 2 is 1.90 bits per heavy atom. The third-order valence-electron chi connectivity index (χ3n) is 4.28. The fourth-order valence-corrected chi connectivity index (χ4v) is 2.93. The number of benzene rings is 2. The lowest BCUT2D eigenvalue weighted by Crippen LogP contribution is -2.41. The Balaban J connectivity index is 1.76. The lowest BCUT2D eigenvalue weighted by Gasteiger charge is -2.29. The van der Waals surface area contributed by atoms with Crippen LogP contribution in [-0.2, 0) is 4.74 Å². The largest absolute Gasteiger partial charge is 0.486 e. The molecule has 0 bridgehead atoms. The van der Waals surface area contributed by atoms with Crippen LogP contribution in [0.2, 0.25) is 0 Å². The summed E-state index contributed by atoms with van der Waals surface area (Å²) in [6.45, 7) is 2.20. The first-order valence-electron chi connectivity index (χ1n) is 8.99. The molecule has 0 radical (unpaired) electrons. The second kappa shape index (κ2) is 8.59. The summed E-state index contributed by atoms with van der Waals surface area (Å²) in [4.78, 5) is 36.7. The minimum absolute atomic E-state index is 0.0156. The topological polar surface area (TPSA) is 108 Å². The quantitative estimate of drug-likeness (QED) is 0.417. The average molecular weight is 400 g/mol. The van der Waals surface area contributed by atoms with Crippen molar-refractivity contribution < 1.29 is 28.7 Å². The molecule has 0 saturated heterocycles. The van der Waals surface area contributed by atoms with Gasteiger partial charge in [0.25, 0.3) is 11.6 Å². The highest BCUT2D eigenvalue weighted by Gasteiger charge is 2.26. The van der Waals surface area contributed by atoms with Crippen molar-refractivity contribution in [2.75, 3.05) is 26.8 Å². The summed E-state index contributed by atoms with van der Waals surface area (Å²) < 4.78 is 16.4. The van der Waals surface area contributed by atoms with Gasteiger partial charge in [0.15, 0.2) is 17.6 Å². The van der Waals surface area contributed by atoms with Gasteiger partial charge in [0.1, 0.15) is 6.61 Å². The number of ether oxygens (including phenoxy) is 3. The summed E-state index contributed by atoms with van der Waals surface area (Å²) in [5.41, 5.74) is -0.399. The van der Waals surface area contributed by atoms with E-state index in [0.29, 0.717) is 11.5 Å². The zero-order valence-corrected chi connectivity index (χ0v) is 16.0. The minimum Gasteiger partial charge on any atom is -0.486 e. The van der Waals surface area contributed by atoms with Crippen LogP contribution in [0.25, 0.3) is 0 Å². The molecule has 2 aromatic rings. The van der Waals surface area contributed by atoms with Crippen molar-refractivity contribution in [1.29, 1.82) is 0 Å². The first-order valence-corrected chi connectivity index (χ1v) is 8.99. The van der Waals surface area contributed by atoms with Crippen molar-refractivity contribution >= 4 is 17.6 Å². The number of hydrogen-bond acceptors (Lipinski definition) is 7. The molecule has 29 heavy (non-hydrogen) atoms. The minimum atomic E-state index is -0.728. The number of non-ortho nitro benzene ring substituents is 1. The van der Waals surface area contributed by atoms with Crippen molar-refractivity contribution in [1.82, 2.24) is 4.90 Å². The molecular formula is C20H20N2O7. The molecular weight excluding hydrogens is 380 g/mol. The highest BCUT2D eigenvalue weighted by molar-refractivity contribution is 5.98. The molecule has 0 N–H and O–H groups in total. The lowest BCUT2D eigenvalue weighted by molar-refractivity contribution is -0.384. The number of nitro groups is 1. The Hall–Kier alpha value is -3.62. The van der Waals surface area contributed by atoms with Gasteiger partial charge in [-0.15, -0.1) is 0 Å². The maximum Gasteiger partial charge on any atom is 0.338 e. The van der Waals surface area contributed by atoms with Gasteiger partial charge in [-0.25, -0.2) is 4.79 Å². The normalized spacial score (nSPS) is 14.8. The molecule has 9 heteroatoms. The molecule has 152 valence electrons. The number of esters is 1. The van der Waals surface area contributed by atoms with Crippen LogP contribution in [0.5, 0.6) is 11.5 Å². The van der Waals surface area contributed by atoms with Gasteiger partial charge in [0.2, 0.25) is 0 Å². The van der Waals surface area contributed by atoms with Crippen LogP contribution in [0, 0.1) is 10.1 Å². The molecule has 2 aromatic carbocycles. The number of nitro benzene ring substituents is 1. The average Bonchev–Trinajstić information content (AvgIpc) is 2.72. The maximum atomic E-state index is 12.8. The van der Waals surface area contributed by atoms with Crippen molar-refractivity contribution in [2.45, 2.75) is 13.0 Å². The number of carbonyl (C=O) groups excluding carboxylic acids is 2. The van der Waals surface area contributed by atoms with E-state index in [0.717, 1.165) is 12.1 Å². The lowest BCUT2D eigenvalue weighted by atomic mass is 10.1. The smallest absolute Gasteiger partial charge is 0.338 e. The van der Waals surface area contributed by atoms with E-state index in [4.69, 9.17) is 14.2 Å². The summed E-state index contributed by atoms with van der Waals surface area (Å²) in [5.74, 6) is 0.00951. The van der Waals surface area contributed by atoms with Crippen molar-refractivity contribution in [3.63, 3.8) is 0 Å². The Morgan fingerprint density at radius 1 is 1.21 bits per heavy atom. The highest BCUT2D eigenvalue weighted by Crippen LogP contribution is 2.31. The summed E-state index contributed by atoms with van der Waals surface area (Å²) in [7, 11) is 1.55. The van der Waals surface area contributed by atoms with E-state index in [1.165, 1.54) is 11.0 Å². The van der Waals surface area contributed by atoms with Crippen LogP contribution in [0.3, 0.4) is 0 Å². The summed E-state index contributed by atoms with van der Waals surface area (Å²) >= 11 is 0. The zero-order valence-electron chi connectivity index (χ0n) is 16.0. The Morgan fingerprint density at radius 3 is 2.59 bits per heavy atom. The summed E-state index contributed by atoms with van der Waals surface area (Å²) in [5, 5.41) is 11.2. The van der Waals surface area contributed by atoms with Gasteiger partial charge in [-0.3, -0.25) is 14.9 Å². The molecule has 9 nitrogen and oxygen atoms in total. The fourth-order valence-electron chi connectivity index (χ4n) is 2.93. The molecule has 0 fully saturated rings. The van der Waals surface area contributed by atoms with Crippen molar-refractivity contribution in [2.24, 2.45) is 0 Å². The molecule has 1 heterocycles. The number of nitrogens with zero attached hydrogens (tertiary/aromatic N) is 2. The molecule has 1 aliphatic rings. The Bertz CT molecular complexity index is 944. The number of amides is 1. The van der Waals surface area contributed by atoms with Crippen LogP contribution in [0.4, 0.5) is 5.69 Å². The van der Waals surface area contributed by atoms with Crippen LogP contribution in [-0.4, -0.2) is 54.6 Å². The third-order valence-corrected chi connectivity index (χ3v) is 4.28. The predicted molar refractivity (Wildman–Crippen MR) is 102 cm³/mol. The second-order valence-electron chi connectivity index (χ2n) is 6.43. The van der Waals surface area contributed by atoms with Gasteiger partial charge >= 0.3 is 5.97 Å². The Kier molecular flexibility index (Phi) is 5.96. The molecule has 0 saturated carbocycles. The monoisotopic (exact) mass is 400 g/mol. The predicted octanol–water partition coefficient (Wildman–Crippen LogP) is 2.68. The van der Waals surface area contributed by atoms with Gasteiger partial charge < -0.3 is 19.1 Å². The molecule has 0 aromatic heterocycles. The van der Waals surface area contributed by atoms with Crippen LogP contribution in [0.1, 0.15) is 27.6 Å². The second-order valence-corrected chi connectivity index (χ2v) is 6.43.